The third-order valence-electron chi connectivity index (χ3n) is 5.77. The van der Waals surface area contributed by atoms with Gasteiger partial charge in [-0.05, 0) is 43.6 Å². The SMILES string of the molecule is O=C(NCCCC(=O)N1CCC(NC(=O)C2CCCCC2)CC1)c1cccs1. The van der Waals surface area contributed by atoms with E-state index < -0.39 is 0 Å². The van der Waals surface area contributed by atoms with E-state index in [1.165, 1.54) is 30.6 Å². The Balaban J connectivity index is 1.29. The molecule has 1 saturated carbocycles. The van der Waals surface area contributed by atoms with Gasteiger partial charge in [-0.15, -0.1) is 11.3 Å². The molecule has 0 aromatic carbocycles. The van der Waals surface area contributed by atoms with Crippen molar-refractivity contribution in [1.29, 1.82) is 0 Å². The third kappa shape index (κ3) is 6.06. The molecule has 3 amide bonds. The summed E-state index contributed by atoms with van der Waals surface area (Å²) in [5, 5.41) is 7.93. The standard InChI is InChI=1S/C21H31N3O3S/c25-19(9-4-12-22-21(27)18-8-5-15-28-18)24-13-10-17(11-14-24)23-20(26)16-6-2-1-3-7-16/h5,8,15-17H,1-4,6-7,9-14H2,(H,22,27)(H,23,26). The average molecular weight is 406 g/mol. The summed E-state index contributed by atoms with van der Waals surface area (Å²) in [7, 11) is 0. The van der Waals surface area contributed by atoms with Gasteiger partial charge in [0, 0.05) is 38.0 Å². The van der Waals surface area contributed by atoms with Crippen molar-refractivity contribution >= 4 is 29.1 Å². The molecule has 0 bridgehead atoms. The molecule has 2 aliphatic rings. The van der Waals surface area contributed by atoms with E-state index in [4.69, 9.17) is 0 Å². The molecule has 1 aromatic rings. The molecule has 7 heteroatoms. The van der Waals surface area contributed by atoms with Crippen molar-refractivity contribution in [3.8, 4) is 0 Å². The Morgan fingerprint density at radius 1 is 1.07 bits per heavy atom. The molecule has 1 aliphatic carbocycles. The Morgan fingerprint density at radius 3 is 2.50 bits per heavy atom. The van der Waals surface area contributed by atoms with Gasteiger partial charge < -0.3 is 15.5 Å². The Morgan fingerprint density at radius 2 is 1.82 bits per heavy atom. The number of hydrogen-bond donors (Lipinski definition) is 2. The van der Waals surface area contributed by atoms with E-state index >= 15 is 0 Å². The Kier molecular flexibility index (Phi) is 7.89. The number of carbonyl (C=O) groups is 3. The van der Waals surface area contributed by atoms with Gasteiger partial charge in [0.2, 0.25) is 11.8 Å². The number of rotatable bonds is 7. The summed E-state index contributed by atoms with van der Waals surface area (Å²) in [5.41, 5.74) is 0. The molecule has 6 nitrogen and oxygen atoms in total. The molecule has 0 spiro atoms. The highest BCUT2D eigenvalue weighted by molar-refractivity contribution is 7.12. The lowest BCUT2D eigenvalue weighted by atomic mass is 9.88. The molecule has 1 aliphatic heterocycles. The Labute approximate surface area is 171 Å². The van der Waals surface area contributed by atoms with Gasteiger partial charge in [-0.1, -0.05) is 25.3 Å². The highest BCUT2D eigenvalue weighted by Gasteiger charge is 2.27. The third-order valence-corrected chi connectivity index (χ3v) is 6.64. The van der Waals surface area contributed by atoms with Gasteiger partial charge in [-0.25, -0.2) is 0 Å². The van der Waals surface area contributed by atoms with Crippen LogP contribution in [0.1, 0.15) is 67.5 Å². The number of nitrogens with one attached hydrogen (secondary N) is 2. The van der Waals surface area contributed by atoms with Crippen molar-refractivity contribution < 1.29 is 14.4 Å². The molecule has 3 rings (SSSR count). The molecule has 2 N–H and O–H groups in total. The second-order valence-corrected chi connectivity index (χ2v) is 8.78. The minimum atomic E-state index is -0.0722. The quantitative estimate of drug-likeness (QED) is 0.685. The highest BCUT2D eigenvalue weighted by Crippen LogP contribution is 2.24. The van der Waals surface area contributed by atoms with Gasteiger partial charge in [0.15, 0.2) is 0 Å². The van der Waals surface area contributed by atoms with Gasteiger partial charge >= 0.3 is 0 Å². The van der Waals surface area contributed by atoms with Crippen molar-refractivity contribution in [1.82, 2.24) is 15.5 Å². The zero-order valence-corrected chi connectivity index (χ0v) is 17.3. The fourth-order valence-corrected chi connectivity index (χ4v) is 4.69. The van der Waals surface area contributed by atoms with Crippen molar-refractivity contribution in [2.75, 3.05) is 19.6 Å². The summed E-state index contributed by atoms with van der Waals surface area (Å²) in [6, 6.07) is 3.84. The van der Waals surface area contributed by atoms with E-state index in [1.54, 1.807) is 6.07 Å². The fourth-order valence-electron chi connectivity index (χ4n) is 4.05. The van der Waals surface area contributed by atoms with Crippen molar-refractivity contribution in [3.05, 3.63) is 22.4 Å². The van der Waals surface area contributed by atoms with Crippen LogP contribution >= 0.6 is 11.3 Å². The maximum Gasteiger partial charge on any atom is 0.261 e. The topological polar surface area (TPSA) is 78.5 Å². The van der Waals surface area contributed by atoms with Crippen LogP contribution in [0.4, 0.5) is 0 Å². The summed E-state index contributed by atoms with van der Waals surface area (Å²) in [6.07, 6.45) is 8.38. The molecule has 0 radical (unpaired) electrons. The molecule has 2 fully saturated rings. The maximum atomic E-state index is 12.4. The molecule has 0 unspecified atom stereocenters. The van der Waals surface area contributed by atoms with Crippen LogP contribution in [0.2, 0.25) is 0 Å². The normalized spacial score (nSPS) is 18.6. The van der Waals surface area contributed by atoms with E-state index in [0.717, 1.165) is 25.7 Å². The predicted molar refractivity (Wildman–Crippen MR) is 110 cm³/mol. The number of thiophene rings is 1. The minimum Gasteiger partial charge on any atom is -0.353 e. The second-order valence-electron chi connectivity index (χ2n) is 7.84. The number of likely N-dealkylation sites (tertiary alicyclic amines) is 1. The maximum absolute atomic E-state index is 12.4. The Bertz CT molecular complexity index is 648. The smallest absolute Gasteiger partial charge is 0.261 e. The molecule has 154 valence electrons. The summed E-state index contributed by atoms with van der Waals surface area (Å²) in [4.78, 5) is 39.2. The average Bonchev–Trinajstić information content (AvgIpc) is 3.27. The lowest BCUT2D eigenvalue weighted by molar-refractivity contribution is -0.132. The summed E-state index contributed by atoms with van der Waals surface area (Å²) < 4.78 is 0. The van der Waals surface area contributed by atoms with Crippen molar-refractivity contribution in [3.63, 3.8) is 0 Å². The molecule has 28 heavy (non-hydrogen) atoms. The molecule has 2 heterocycles. The van der Waals surface area contributed by atoms with E-state index in [9.17, 15) is 14.4 Å². The number of piperidine rings is 1. The zero-order valence-electron chi connectivity index (χ0n) is 16.5. The van der Waals surface area contributed by atoms with Gasteiger partial charge in [-0.3, -0.25) is 14.4 Å². The largest absolute Gasteiger partial charge is 0.353 e. The predicted octanol–water partition coefficient (Wildman–Crippen LogP) is 2.95. The van der Waals surface area contributed by atoms with E-state index in [0.29, 0.717) is 37.4 Å². The van der Waals surface area contributed by atoms with Crippen LogP contribution in [0, 0.1) is 5.92 Å². The number of amides is 3. The van der Waals surface area contributed by atoms with Crippen LogP contribution < -0.4 is 10.6 Å². The van der Waals surface area contributed by atoms with Crippen LogP contribution in [0.15, 0.2) is 17.5 Å². The number of hydrogen-bond acceptors (Lipinski definition) is 4. The first-order valence-corrected chi connectivity index (χ1v) is 11.4. The van der Waals surface area contributed by atoms with Crippen molar-refractivity contribution in [2.45, 2.75) is 63.8 Å². The van der Waals surface area contributed by atoms with Crippen LogP contribution in [0.5, 0.6) is 0 Å². The summed E-state index contributed by atoms with van der Waals surface area (Å²) in [5.74, 6) is 0.475. The van der Waals surface area contributed by atoms with E-state index in [2.05, 4.69) is 10.6 Å². The van der Waals surface area contributed by atoms with Gasteiger partial charge in [-0.2, -0.15) is 0 Å². The van der Waals surface area contributed by atoms with Gasteiger partial charge in [0.05, 0.1) is 4.88 Å². The molecule has 1 saturated heterocycles. The molecule has 1 aromatic heterocycles. The number of nitrogens with zero attached hydrogens (tertiary/aromatic N) is 1. The first-order valence-electron chi connectivity index (χ1n) is 10.5. The molecule has 0 atom stereocenters. The summed E-state index contributed by atoms with van der Waals surface area (Å²) >= 11 is 1.41. The zero-order chi connectivity index (χ0) is 19.8. The minimum absolute atomic E-state index is 0.0722. The van der Waals surface area contributed by atoms with Crippen LogP contribution in [0.3, 0.4) is 0 Å². The van der Waals surface area contributed by atoms with Crippen molar-refractivity contribution in [2.24, 2.45) is 5.92 Å². The molecular formula is C21H31N3O3S. The van der Waals surface area contributed by atoms with E-state index in [-0.39, 0.29) is 29.7 Å². The lowest BCUT2D eigenvalue weighted by Crippen LogP contribution is -2.48. The van der Waals surface area contributed by atoms with Gasteiger partial charge in [0.1, 0.15) is 0 Å². The fraction of sp³-hybridized carbons (Fsp3) is 0.667. The number of carbonyl (C=O) groups excluding carboxylic acids is 3. The van der Waals surface area contributed by atoms with E-state index in [1.807, 2.05) is 16.3 Å². The monoisotopic (exact) mass is 405 g/mol. The summed E-state index contributed by atoms with van der Waals surface area (Å²) in [6.45, 7) is 1.92. The second kappa shape index (κ2) is 10.6. The van der Waals surface area contributed by atoms with Crippen LogP contribution in [-0.2, 0) is 9.59 Å². The Hall–Kier alpha value is -1.89. The van der Waals surface area contributed by atoms with Crippen LogP contribution in [-0.4, -0.2) is 48.3 Å². The van der Waals surface area contributed by atoms with Crippen LogP contribution in [0.25, 0.3) is 0 Å². The highest BCUT2D eigenvalue weighted by atomic mass is 32.1. The van der Waals surface area contributed by atoms with Gasteiger partial charge in [0.25, 0.3) is 5.91 Å². The lowest BCUT2D eigenvalue weighted by Gasteiger charge is -2.33. The molecular weight excluding hydrogens is 374 g/mol. The first-order chi connectivity index (χ1) is 13.6. The first kappa shape index (κ1) is 20.8.